The highest BCUT2D eigenvalue weighted by Crippen LogP contribution is 2.35. The largest absolute Gasteiger partial charge is 0.487 e. The number of benzene rings is 1. The van der Waals surface area contributed by atoms with E-state index in [1.54, 1.807) is 6.92 Å². The van der Waals surface area contributed by atoms with Gasteiger partial charge < -0.3 is 25.6 Å². The highest BCUT2D eigenvalue weighted by atomic mass is 16.5. The predicted octanol–water partition coefficient (Wildman–Crippen LogP) is 1.14. The lowest BCUT2D eigenvalue weighted by atomic mass is 9.75. The number of carbonyl (C=O) groups excluding carboxylic acids is 1. The van der Waals surface area contributed by atoms with Crippen LogP contribution in [0.5, 0.6) is 5.75 Å². The summed E-state index contributed by atoms with van der Waals surface area (Å²) in [6, 6.07) is 5.70. The molecule has 1 aliphatic carbocycles. The Bertz CT molecular complexity index is 745. The van der Waals surface area contributed by atoms with Gasteiger partial charge in [-0.2, -0.15) is 0 Å². The zero-order valence-electron chi connectivity index (χ0n) is 16.2. The smallest absolute Gasteiger partial charge is 0.165 e. The van der Waals surface area contributed by atoms with Crippen molar-refractivity contribution in [3.8, 4) is 5.75 Å². The number of amidine groups is 1. The third-order valence-corrected chi connectivity index (χ3v) is 6.01. The Hall–Kier alpha value is -1.96. The molecule has 0 unspecified atom stereocenters. The van der Waals surface area contributed by atoms with Crippen molar-refractivity contribution in [1.29, 1.82) is 5.41 Å². The average molecular weight is 375 g/mol. The quantitative estimate of drug-likeness (QED) is 0.437. The molecule has 0 amide bonds. The van der Waals surface area contributed by atoms with Crippen LogP contribution in [0.25, 0.3) is 0 Å². The maximum atomic E-state index is 12.0. The maximum Gasteiger partial charge on any atom is 0.165 e. The zero-order valence-corrected chi connectivity index (χ0v) is 16.2. The number of rotatable bonds is 6. The number of ketones is 1. The molecule has 1 heterocycles. The van der Waals surface area contributed by atoms with Gasteiger partial charge in [0.25, 0.3) is 0 Å². The normalized spacial score (nSPS) is 28.9. The summed E-state index contributed by atoms with van der Waals surface area (Å²) in [5.41, 5.74) is 5.59. The number of aliphatic hydroxyl groups is 1. The summed E-state index contributed by atoms with van der Waals surface area (Å²) in [6.45, 7) is 3.53. The number of ether oxygens (including phenoxy) is 2. The summed E-state index contributed by atoms with van der Waals surface area (Å²) in [6.07, 6.45) is 2.21. The van der Waals surface area contributed by atoms with Crippen LogP contribution in [0.1, 0.15) is 44.2 Å². The third-order valence-electron chi connectivity index (χ3n) is 6.01. The van der Waals surface area contributed by atoms with Crippen molar-refractivity contribution in [2.45, 2.75) is 62.9 Å². The standard InChI is InChI=1S/C20H29N3O4/c1-12(24)19(2,26-3)17-7-5-13-8-14(4-6-16(13)27-17)18(22)23-15-9-20(25,10-15)11-21/h4,6,8,15,17,25H,5,7,9-11,21H2,1-3H3,(H2,22,23)/t15-,17-,19-,20+/m1/s1. The molecular formula is C20H29N3O4. The lowest BCUT2D eigenvalue weighted by molar-refractivity contribution is -0.149. The number of methoxy groups -OCH3 is 1. The number of carbonyl (C=O) groups is 1. The van der Waals surface area contributed by atoms with Crippen molar-refractivity contribution in [3.63, 3.8) is 0 Å². The van der Waals surface area contributed by atoms with Crippen LogP contribution in [0.3, 0.4) is 0 Å². The number of hydrogen-bond acceptors (Lipinski definition) is 6. The number of Topliss-reactive ketones (excluding diaryl/α,β-unsaturated/α-hetero) is 1. The SMILES string of the molecule is CO[C@](C)(C(C)=O)[C@H]1CCc2cc(C(=N)N[C@H]3C[C@](O)(CN)C3)ccc2O1. The molecule has 3 rings (SSSR count). The second-order valence-electron chi connectivity index (χ2n) is 7.89. The minimum Gasteiger partial charge on any atom is -0.487 e. The van der Waals surface area contributed by atoms with Gasteiger partial charge in [0.2, 0.25) is 0 Å². The average Bonchev–Trinajstić information content (AvgIpc) is 2.64. The molecule has 1 saturated carbocycles. The van der Waals surface area contributed by atoms with Crippen LogP contribution in [-0.4, -0.2) is 53.7 Å². The van der Waals surface area contributed by atoms with Crippen LogP contribution in [0.15, 0.2) is 18.2 Å². The van der Waals surface area contributed by atoms with Gasteiger partial charge in [0, 0.05) is 25.3 Å². The van der Waals surface area contributed by atoms with Crippen molar-refractivity contribution in [2.24, 2.45) is 5.73 Å². The molecule has 2 atom stereocenters. The molecule has 1 aromatic carbocycles. The highest BCUT2D eigenvalue weighted by molar-refractivity contribution is 5.97. The molecule has 7 heteroatoms. The first kappa shape index (κ1) is 19.8. The highest BCUT2D eigenvalue weighted by Gasteiger charge is 2.43. The molecular weight excluding hydrogens is 346 g/mol. The topological polar surface area (TPSA) is 118 Å². The van der Waals surface area contributed by atoms with Crippen molar-refractivity contribution < 1.29 is 19.4 Å². The summed E-state index contributed by atoms with van der Waals surface area (Å²) in [4.78, 5) is 12.0. The predicted molar refractivity (Wildman–Crippen MR) is 102 cm³/mol. The van der Waals surface area contributed by atoms with Crippen LogP contribution >= 0.6 is 0 Å². The molecule has 0 spiro atoms. The van der Waals surface area contributed by atoms with Gasteiger partial charge in [-0.25, -0.2) is 0 Å². The van der Waals surface area contributed by atoms with Crippen LogP contribution in [0.2, 0.25) is 0 Å². The molecule has 2 aliphatic rings. The second kappa shape index (κ2) is 7.22. The first-order chi connectivity index (χ1) is 12.7. The second-order valence-corrected chi connectivity index (χ2v) is 7.89. The van der Waals surface area contributed by atoms with E-state index in [1.165, 1.54) is 14.0 Å². The number of nitrogens with one attached hydrogen (secondary N) is 2. The monoisotopic (exact) mass is 375 g/mol. The van der Waals surface area contributed by atoms with E-state index >= 15 is 0 Å². The van der Waals surface area contributed by atoms with E-state index in [0.717, 1.165) is 23.3 Å². The minimum atomic E-state index is -0.964. The molecule has 5 N–H and O–H groups in total. The van der Waals surface area contributed by atoms with Crippen LogP contribution in [0, 0.1) is 5.41 Å². The Morgan fingerprint density at radius 2 is 2.22 bits per heavy atom. The van der Waals surface area contributed by atoms with E-state index in [4.69, 9.17) is 20.6 Å². The lowest BCUT2D eigenvalue weighted by Crippen LogP contribution is -2.58. The van der Waals surface area contributed by atoms with E-state index in [0.29, 0.717) is 25.1 Å². The van der Waals surface area contributed by atoms with Gasteiger partial charge in [-0.3, -0.25) is 10.2 Å². The summed E-state index contributed by atoms with van der Waals surface area (Å²) >= 11 is 0. The number of hydrogen-bond donors (Lipinski definition) is 4. The summed E-state index contributed by atoms with van der Waals surface area (Å²) in [5, 5.41) is 21.4. The summed E-state index contributed by atoms with van der Waals surface area (Å²) < 4.78 is 11.5. The van der Waals surface area contributed by atoms with Gasteiger partial charge >= 0.3 is 0 Å². The van der Waals surface area contributed by atoms with Gasteiger partial charge in [-0.05, 0) is 63.3 Å². The fraction of sp³-hybridized carbons (Fsp3) is 0.600. The molecule has 0 aromatic heterocycles. The van der Waals surface area contributed by atoms with E-state index in [1.807, 2.05) is 18.2 Å². The zero-order chi connectivity index (χ0) is 19.8. The Morgan fingerprint density at radius 1 is 1.52 bits per heavy atom. The van der Waals surface area contributed by atoms with Crippen LogP contribution < -0.4 is 15.8 Å². The van der Waals surface area contributed by atoms with E-state index in [-0.39, 0.29) is 24.5 Å². The molecule has 1 aliphatic heterocycles. The van der Waals surface area contributed by atoms with Gasteiger partial charge in [0.1, 0.15) is 17.7 Å². The van der Waals surface area contributed by atoms with Crippen molar-refractivity contribution in [3.05, 3.63) is 29.3 Å². The fourth-order valence-corrected chi connectivity index (χ4v) is 3.85. The van der Waals surface area contributed by atoms with Crippen LogP contribution in [0.4, 0.5) is 0 Å². The molecule has 7 nitrogen and oxygen atoms in total. The number of nitrogens with two attached hydrogens (primary N) is 1. The molecule has 27 heavy (non-hydrogen) atoms. The van der Waals surface area contributed by atoms with Gasteiger partial charge in [-0.15, -0.1) is 0 Å². The van der Waals surface area contributed by atoms with Crippen molar-refractivity contribution >= 4 is 11.6 Å². The molecule has 1 fully saturated rings. The Morgan fingerprint density at radius 3 is 2.81 bits per heavy atom. The lowest BCUT2D eigenvalue weighted by Gasteiger charge is -2.43. The third kappa shape index (κ3) is 3.72. The number of aryl methyl sites for hydroxylation is 1. The molecule has 148 valence electrons. The van der Waals surface area contributed by atoms with Crippen LogP contribution in [-0.2, 0) is 16.0 Å². The van der Waals surface area contributed by atoms with E-state index < -0.39 is 11.2 Å². The van der Waals surface area contributed by atoms with Crippen molar-refractivity contribution in [1.82, 2.24) is 5.32 Å². The molecule has 0 saturated heterocycles. The summed E-state index contributed by atoms with van der Waals surface area (Å²) in [5.74, 6) is 1.00. The first-order valence-corrected chi connectivity index (χ1v) is 9.34. The Balaban J connectivity index is 1.67. The molecule has 0 bridgehead atoms. The van der Waals surface area contributed by atoms with Crippen molar-refractivity contribution in [2.75, 3.05) is 13.7 Å². The Kier molecular flexibility index (Phi) is 5.29. The Labute approximate surface area is 159 Å². The minimum absolute atomic E-state index is 0.0565. The van der Waals surface area contributed by atoms with E-state index in [9.17, 15) is 9.90 Å². The number of fused-ring (bicyclic) bond motifs is 1. The fourth-order valence-electron chi connectivity index (χ4n) is 3.85. The molecule has 1 aromatic rings. The van der Waals surface area contributed by atoms with Gasteiger partial charge in [-0.1, -0.05) is 0 Å². The molecule has 0 radical (unpaired) electrons. The summed E-state index contributed by atoms with van der Waals surface area (Å²) in [7, 11) is 1.53. The van der Waals surface area contributed by atoms with Gasteiger partial charge in [0.05, 0.1) is 5.60 Å². The maximum absolute atomic E-state index is 12.0. The first-order valence-electron chi connectivity index (χ1n) is 9.34. The van der Waals surface area contributed by atoms with Gasteiger partial charge in [0.15, 0.2) is 11.4 Å². The van der Waals surface area contributed by atoms with E-state index in [2.05, 4.69) is 5.32 Å².